The van der Waals surface area contributed by atoms with Crippen LogP contribution in [0, 0.1) is 11.8 Å². The van der Waals surface area contributed by atoms with Crippen LogP contribution in [0.2, 0.25) is 0 Å². The highest BCUT2D eigenvalue weighted by Gasteiger charge is 2.44. The molecule has 192 valence electrons. The van der Waals surface area contributed by atoms with Gasteiger partial charge in [0.25, 0.3) is 0 Å². The van der Waals surface area contributed by atoms with E-state index in [0.29, 0.717) is 11.1 Å². The monoisotopic (exact) mass is 492 g/mol. The molecule has 1 aliphatic heterocycles. The second kappa shape index (κ2) is 11.4. The Labute approximate surface area is 204 Å². The predicted octanol–water partition coefficient (Wildman–Crippen LogP) is 3.39. The smallest absolute Gasteiger partial charge is 0.302 e. The summed E-state index contributed by atoms with van der Waals surface area (Å²) in [6.45, 7) is 1.70. The Bertz CT molecular complexity index is 987. The third-order valence-electron chi connectivity index (χ3n) is 6.19. The number of methoxy groups -OCH3 is 5. The lowest BCUT2D eigenvalue weighted by Gasteiger charge is -2.29. The summed E-state index contributed by atoms with van der Waals surface area (Å²) in [5.41, 5.74) is 1.38. The molecule has 1 aliphatic rings. The molecule has 2 aromatic carbocycles. The Hall–Kier alpha value is -3.37. The molecule has 0 amide bonds. The zero-order valence-electron chi connectivity index (χ0n) is 20.7. The first-order valence-electron chi connectivity index (χ1n) is 11.0. The van der Waals surface area contributed by atoms with Gasteiger partial charge in [-0.2, -0.15) is 0 Å². The van der Waals surface area contributed by atoms with Gasteiger partial charge in [-0.15, -0.1) is 0 Å². The Morgan fingerprint density at radius 3 is 1.83 bits per heavy atom. The lowest BCUT2D eigenvalue weighted by molar-refractivity contribution is -0.143. The molecule has 1 fully saturated rings. The van der Waals surface area contributed by atoms with E-state index < -0.39 is 18.2 Å². The molecule has 2 N–H and O–H groups in total. The topological polar surface area (TPSA) is 122 Å². The van der Waals surface area contributed by atoms with Crippen molar-refractivity contribution in [2.24, 2.45) is 11.8 Å². The molecule has 0 radical (unpaired) electrons. The van der Waals surface area contributed by atoms with Crippen molar-refractivity contribution in [3.05, 3.63) is 35.4 Å². The van der Waals surface area contributed by atoms with Crippen molar-refractivity contribution in [3.8, 4) is 34.5 Å². The number of carbonyl (C=O) groups is 1. The van der Waals surface area contributed by atoms with E-state index in [2.05, 4.69) is 0 Å². The summed E-state index contributed by atoms with van der Waals surface area (Å²) in [5, 5.41) is 20.6. The molecule has 35 heavy (non-hydrogen) atoms. The van der Waals surface area contributed by atoms with E-state index in [9.17, 15) is 15.0 Å². The first-order chi connectivity index (χ1) is 16.8. The quantitative estimate of drug-likeness (QED) is 0.477. The summed E-state index contributed by atoms with van der Waals surface area (Å²) in [4.78, 5) is 11.7. The van der Waals surface area contributed by atoms with Gasteiger partial charge in [0.1, 0.15) is 0 Å². The average Bonchev–Trinajstić information content (AvgIpc) is 3.27. The normalized spacial score (nSPS) is 20.2. The Balaban J connectivity index is 2.04. The van der Waals surface area contributed by atoms with Gasteiger partial charge >= 0.3 is 5.97 Å². The second-order valence-electron chi connectivity index (χ2n) is 8.09. The van der Waals surface area contributed by atoms with Crippen LogP contribution in [-0.2, 0) is 19.0 Å². The van der Waals surface area contributed by atoms with Crippen LogP contribution in [-0.4, -0.2) is 64.9 Å². The van der Waals surface area contributed by atoms with E-state index in [1.54, 1.807) is 31.4 Å². The summed E-state index contributed by atoms with van der Waals surface area (Å²) >= 11 is 0. The molecule has 0 spiro atoms. The van der Waals surface area contributed by atoms with E-state index in [4.69, 9.17) is 33.2 Å². The first-order valence-corrected chi connectivity index (χ1v) is 11.0. The molecule has 0 bridgehead atoms. The van der Waals surface area contributed by atoms with E-state index >= 15 is 0 Å². The van der Waals surface area contributed by atoms with Gasteiger partial charge in [-0.25, -0.2) is 0 Å². The van der Waals surface area contributed by atoms with Crippen molar-refractivity contribution in [1.82, 2.24) is 0 Å². The Morgan fingerprint density at radius 1 is 0.914 bits per heavy atom. The first kappa shape index (κ1) is 26.2. The molecule has 4 atom stereocenters. The van der Waals surface area contributed by atoms with E-state index in [1.165, 1.54) is 35.4 Å². The van der Waals surface area contributed by atoms with Crippen LogP contribution in [0.3, 0.4) is 0 Å². The van der Waals surface area contributed by atoms with Crippen LogP contribution >= 0.6 is 0 Å². The fraction of sp³-hybridized carbons (Fsp3) is 0.480. The van der Waals surface area contributed by atoms with Crippen LogP contribution in [0.25, 0.3) is 0 Å². The van der Waals surface area contributed by atoms with Gasteiger partial charge in [0.05, 0.1) is 53.9 Å². The van der Waals surface area contributed by atoms with E-state index in [-0.39, 0.29) is 59.5 Å². The lowest BCUT2D eigenvalue weighted by atomic mass is 9.82. The zero-order valence-corrected chi connectivity index (χ0v) is 20.7. The van der Waals surface area contributed by atoms with Crippen molar-refractivity contribution >= 4 is 5.97 Å². The molecule has 1 saturated heterocycles. The summed E-state index contributed by atoms with van der Waals surface area (Å²) in [6.07, 6.45) is -1.02. The van der Waals surface area contributed by atoms with Gasteiger partial charge in [0, 0.05) is 25.9 Å². The number of rotatable bonds is 10. The molecule has 0 unspecified atom stereocenters. The number of hydrogen-bond donors (Lipinski definition) is 2. The lowest BCUT2D eigenvalue weighted by Crippen LogP contribution is -2.28. The summed E-state index contributed by atoms with van der Waals surface area (Å²) < 4.78 is 38.7. The maximum atomic E-state index is 11.7. The van der Waals surface area contributed by atoms with Crippen LogP contribution in [0.15, 0.2) is 24.3 Å². The minimum atomic E-state index is -0.513. The summed E-state index contributed by atoms with van der Waals surface area (Å²) in [5.74, 6) is -0.303. The van der Waals surface area contributed by atoms with Crippen LogP contribution < -0.4 is 18.9 Å². The maximum Gasteiger partial charge on any atom is 0.302 e. The standard InChI is InChI=1S/C25H32O10/c1-13(26)34-11-17-16(24(33-6)14-7-18(29-2)22(27)19(8-14)30-3)12-35-25(17)15-9-20(31-4)23(28)21(10-15)32-5/h7-10,16-17,24-25,27-28H,11-12H2,1-6H3/t16-,17-,24+,25+/m1/s1. The molecule has 10 nitrogen and oxygen atoms in total. The van der Waals surface area contributed by atoms with Crippen LogP contribution in [0.4, 0.5) is 0 Å². The highest BCUT2D eigenvalue weighted by Crippen LogP contribution is 2.50. The zero-order chi connectivity index (χ0) is 25.7. The van der Waals surface area contributed by atoms with E-state index in [1.807, 2.05) is 0 Å². The van der Waals surface area contributed by atoms with Gasteiger partial charge in [-0.05, 0) is 35.4 Å². The highest BCUT2D eigenvalue weighted by molar-refractivity contribution is 5.66. The predicted molar refractivity (Wildman–Crippen MR) is 124 cm³/mol. The molecular formula is C25H32O10. The van der Waals surface area contributed by atoms with Crippen molar-refractivity contribution in [2.45, 2.75) is 19.1 Å². The summed E-state index contributed by atoms with van der Waals surface area (Å²) in [6, 6.07) is 6.68. The molecule has 10 heteroatoms. The number of phenolic OH excluding ortho intramolecular Hbond substituents is 2. The summed E-state index contributed by atoms with van der Waals surface area (Å²) in [7, 11) is 7.35. The number of hydrogen-bond acceptors (Lipinski definition) is 10. The maximum absolute atomic E-state index is 11.7. The molecule has 0 aliphatic carbocycles. The largest absolute Gasteiger partial charge is 0.502 e. The van der Waals surface area contributed by atoms with Crippen molar-refractivity contribution < 1.29 is 48.2 Å². The third-order valence-corrected chi connectivity index (χ3v) is 6.19. The average molecular weight is 493 g/mol. The van der Waals surface area contributed by atoms with E-state index in [0.717, 1.165) is 0 Å². The molecule has 0 aromatic heterocycles. The van der Waals surface area contributed by atoms with Gasteiger partial charge in [-0.3, -0.25) is 4.79 Å². The Morgan fingerprint density at radius 2 is 1.40 bits per heavy atom. The number of benzene rings is 2. The molecule has 2 aromatic rings. The minimum Gasteiger partial charge on any atom is -0.502 e. The van der Waals surface area contributed by atoms with Gasteiger partial charge in [-0.1, -0.05) is 0 Å². The fourth-order valence-corrected chi connectivity index (χ4v) is 4.48. The number of carbonyl (C=O) groups excluding carboxylic acids is 1. The number of phenols is 2. The van der Waals surface area contributed by atoms with Crippen molar-refractivity contribution in [2.75, 3.05) is 48.8 Å². The molecule has 0 saturated carbocycles. The molecule has 1 heterocycles. The molecule has 3 rings (SSSR count). The Kier molecular flexibility index (Phi) is 8.52. The van der Waals surface area contributed by atoms with Gasteiger partial charge in [0.15, 0.2) is 23.0 Å². The fourth-order valence-electron chi connectivity index (χ4n) is 4.48. The van der Waals surface area contributed by atoms with Crippen molar-refractivity contribution in [1.29, 1.82) is 0 Å². The van der Waals surface area contributed by atoms with Gasteiger partial charge < -0.3 is 43.4 Å². The number of esters is 1. The third kappa shape index (κ3) is 5.33. The van der Waals surface area contributed by atoms with Crippen LogP contribution in [0.5, 0.6) is 34.5 Å². The number of aromatic hydroxyl groups is 2. The second-order valence-corrected chi connectivity index (χ2v) is 8.09. The minimum absolute atomic E-state index is 0.0718. The molecular weight excluding hydrogens is 460 g/mol. The highest BCUT2D eigenvalue weighted by atomic mass is 16.5. The number of ether oxygens (including phenoxy) is 7. The SMILES string of the molecule is COc1cc([C@H](OC)[C@@H]2CO[C@@H](c3cc(OC)c(O)c(OC)c3)[C@@H]2COC(C)=O)cc(OC)c1O. The van der Waals surface area contributed by atoms with Crippen LogP contribution in [0.1, 0.15) is 30.3 Å². The van der Waals surface area contributed by atoms with Crippen molar-refractivity contribution in [3.63, 3.8) is 0 Å². The van der Waals surface area contributed by atoms with Gasteiger partial charge in [0.2, 0.25) is 11.5 Å².